The van der Waals surface area contributed by atoms with E-state index >= 15 is 0 Å². The van der Waals surface area contributed by atoms with E-state index in [1.165, 1.54) is 4.81 Å². The fourth-order valence-corrected chi connectivity index (χ4v) is 1.08. The third-order valence-corrected chi connectivity index (χ3v) is 1.90. The van der Waals surface area contributed by atoms with E-state index in [-0.39, 0.29) is 18.0 Å². The van der Waals surface area contributed by atoms with E-state index in [2.05, 4.69) is 11.7 Å². The highest BCUT2D eigenvalue weighted by atomic mass is 16.2. The Hall–Kier alpha value is -0.795. The van der Waals surface area contributed by atoms with Gasteiger partial charge in [-0.3, -0.25) is 9.79 Å². The first-order valence-corrected chi connectivity index (χ1v) is 3.19. The van der Waals surface area contributed by atoms with Crippen molar-refractivity contribution in [3.05, 3.63) is 0 Å². The molecule has 0 bridgehead atoms. The van der Waals surface area contributed by atoms with E-state index in [0.29, 0.717) is 6.42 Å². The Labute approximate surface area is 61.5 Å². The van der Waals surface area contributed by atoms with Crippen LogP contribution >= 0.6 is 0 Å². The Morgan fingerprint density at radius 3 is 2.70 bits per heavy atom. The molecular weight excluding hydrogens is 127 g/mol. The third kappa shape index (κ3) is 0.937. The van der Waals surface area contributed by atoms with Crippen molar-refractivity contribution in [1.82, 2.24) is 4.81 Å². The molecule has 1 heterocycles. The highest BCUT2D eigenvalue weighted by Gasteiger charge is 2.32. The number of carbonyl (C=O) groups is 1. The number of aliphatic imine (C=N–C) groups is 1. The molecule has 0 aromatic heterocycles. The van der Waals surface area contributed by atoms with Crippen LogP contribution in [0.4, 0.5) is 0 Å². The zero-order chi connectivity index (χ0) is 7.72. The van der Waals surface area contributed by atoms with Gasteiger partial charge in [-0.2, -0.15) is 0 Å². The molecule has 0 N–H and O–H groups in total. The summed E-state index contributed by atoms with van der Waals surface area (Å²) in [4.78, 5) is 15.9. The fraction of sp³-hybridized carbons (Fsp3) is 0.667. The minimum absolute atomic E-state index is 0.00463. The molecule has 3 nitrogen and oxygen atoms in total. The molecule has 10 heavy (non-hydrogen) atoms. The van der Waals surface area contributed by atoms with Gasteiger partial charge in [-0.25, -0.2) is 0 Å². The average molecular weight is 136 g/mol. The quantitative estimate of drug-likeness (QED) is 0.361. The molecule has 0 aromatic rings. The van der Waals surface area contributed by atoms with Crippen LogP contribution in [0.25, 0.3) is 0 Å². The lowest BCUT2D eigenvalue weighted by Crippen LogP contribution is -2.31. The summed E-state index contributed by atoms with van der Waals surface area (Å²) in [7, 11) is 5.38. The van der Waals surface area contributed by atoms with Crippen molar-refractivity contribution in [3.8, 4) is 0 Å². The van der Waals surface area contributed by atoms with Crippen molar-refractivity contribution < 1.29 is 4.79 Å². The second-order valence-electron chi connectivity index (χ2n) is 2.50. The van der Waals surface area contributed by atoms with Crippen LogP contribution in [0.1, 0.15) is 13.3 Å². The van der Waals surface area contributed by atoms with Crippen LogP contribution in [0.5, 0.6) is 0 Å². The van der Waals surface area contributed by atoms with Gasteiger partial charge < -0.3 is 4.81 Å². The molecule has 2 atom stereocenters. The van der Waals surface area contributed by atoms with Gasteiger partial charge in [0.15, 0.2) is 0 Å². The van der Waals surface area contributed by atoms with E-state index in [9.17, 15) is 4.79 Å². The van der Waals surface area contributed by atoms with E-state index in [0.717, 1.165) is 0 Å². The normalized spacial score (nSPS) is 32.9. The molecule has 1 saturated heterocycles. The van der Waals surface area contributed by atoms with Gasteiger partial charge in [-0.15, -0.1) is 0 Å². The van der Waals surface area contributed by atoms with E-state index in [1.807, 2.05) is 6.92 Å². The topological polar surface area (TPSA) is 32.7 Å². The average Bonchev–Trinajstić information content (AvgIpc) is 2.17. The summed E-state index contributed by atoms with van der Waals surface area (Å²) in [5, 5.41) is 0. The monoisotopic (exact) mass is 136 g/mol. The van der Waals surface area contributed by atoms with Crippen LogP contribution in [0.2, 0.25) is 0 Å². The summed E-state index contributed by atoms with van der Waals surface area (Å²) in [5.41, 5.74) is 0. The number of hydrogen-bond acceptors (Lipinski definition) is 2. The summed E-state index contributed by atoms with van der Waals surface area (Å²) in [5.74, 6) is -0.0510. The molecular formula is C6H9BN2O. The Morgan fingerprint density at radius 1 is 1.90 bits per heavy atom. The molecule has 2 radical (unpaired) electrons. The summed E-state index contributed by atoms with van der Waals surface area (Å²) in [6.07, 6.45) is 0.404. The van der Waals surface area contributed by atoms with Crippen LogP contribution < -0.4 is 0 Å². The largest absolute Gasteiger partial charge is 0.392 e. The van der Waals surface area contributed by atoms with Crippen LogP contribution in [0.15, 0.2) is 4.99 Å². The zero-order valence-electron chi connectivity index (χ0n) is 5.95. The molecule has 0 spiro atoms. The van der Waals surface area contributed by atoms with Crippen LogP contribution in [-0.4, -0.2) is 37.5 Å². The molecule has 1 aliphatic rings. The Bertz CT molecular complexity index is 171. The lowest BCUT2D eigenvalue weighted by Gasteiger charge is -2.17. The van der Waals surface area contributed by atoms with E-state index < -0.39 is 0 Å². The predicted molar refractivity (Wildman–Crippen MR) is 40.0 cm³/mol. The molecule has 1 aliphatic heterocycles. The molecule has 1 fully saturated rings. The summed E-state index contributed by atoms with van der Waals surface area (Å²) in [6.45, 7) is 5.24. The first-order valence-electron chi connectivity index (χ1n) is 3.19. The van der Waals surface area contributed by atoms with Crippen molar-refractivity contribution in [2.45, 2.75) is 25.4 Å². The Balaban J connectivity index is 2.70. The Kier molecular flexibility index (Phi) is 1.79. The molecule has 0 aliphatic carbocycles. The lowest BCUT2D eigenvalue weighted by atomic mass is 10.1. The maximum Gasteiger partial charge on any atom is 0.230 e. The van der Waals surface area contributed by atoms with E-state index in [1.54, 1.807) is 0 Å². The van der Waals surface area contributed by atoms with Crippen LogP contribution in [0, 0.1) is 0 Å². The maximum absolute atomic E-state index is 10.9. The van der Waals surface area contributed by atoms with Crippen molar-refractivity contribution in [3.63, 3.8) is 0 Å². The first-order chi connectivity index (χ1) is 4.66. The van der Waals surface area contributed by atoms with Crippen molar-refractivity contribution in [2.24, 2.45) is 4.99 Å². The first kappa shape index (κ1) is 7.31. The van der Waals surface area contributed by atoms with Gasteiger partial charge in [0.2, 0.25) is 13.9 Å². The van der Waals surface area contributed by atoms with Crippen LogP contribution in [0.3, 0.4) is 0 Å². The summed E-state index contributed by atoms with van der Waals surface area (Å²) >= 11 is 0. The maximum atomic E-state index is 10.9. The molecule has 1 rings (SSSR count). The minimum Gasteiger partial charge on any atom is -0.392 e. The molecule has 52 valence electrons. The highest BCUT2D eigenvalue weighted by Crippen LogP contribution is 2.18. The van der Waals surface area contributed by atoms with Gasteiger partial charge in [0.25, 0.3) is 0 Å². The van der Waals surface area contributed by atoms with Crippen molar-refractivity contribution in [2.75, 3.05) is 0 Å². The number of carbonyl (C=O) groups excluding carboxylic acids is 1. The smallest absolute Gasteiger partial charge is 0.230 e. The van der Waals surface area contributed by atoms with Crippen molar-refractivity contribution >= 4 is 20.6 Å². The number of hydrogen-bond donors (Lipinski definition) is 0. The van der Waals surface area contributed by atoms with Gasteiger partial charge in [0, 0.05) is 12.5 Å². The van der Waals surface area contributed by atoms with Crippen LogP contribution in [-0.2, 0) is 4.79 Å². The summed E-state index contributed by atoms with van der Waals surface area (Å²) in [6, 6.07) is -0.0116. The number of nitrogens with zero attached hydrogens (tertiary/aromatic N) is 2. The number of amides is 1. The standard InChI is InChI=1S/C6H9BN2O/c1-4-5(8-2)3-6(10)9(4)7/h4-5H,2-3H2,1H3. The SMILES string of the molecule is [B]N1C(=O)CC(N=C)C1C. The highest BCUT2D eigenvalue weighted by molar-refractivity contribution is 6.15. The third-order valence-electron chi connectivity index (χ3n) is 1.90. The van der Waals surface area contributed by atoms with Gasteiger partial charge in [0.05, 0.1) is 6.04 Å². The van der Waals surface area contributed by atoms with E-state index in [4.69, 9.17) is 7.98 Å². The minimum atomic E-state index is -0.0510. The van der Waals surface area contributed by atoms with Gasteiger partial charge in [-0.1, -0.05) is 0 Å². The molecule has 1 amide bonds. The molecule has 4 heteroatoms. The summed E-state index contributed by atoms with van der Waals surface area (Å²) < 4.78 is 0. The second kappa shape index (κ2) is 2.44. The second-order valence-corrected chi connectivity index (χ2v) is 2.50. The zero-order valence-corrected chi connectivity index (χ0v) is 5.95. The number of rotatable bonds is 1. The van der Waals surface area contributed by atoms with Gasteiger partial charge in [0.1, 0.15) is 0 Å². The molecule has 0 aromatic carbocycles. The van der Waals surface area contributed by atoms with Gasteiger partial charge in [-0.05, 0) is 13.6 Å². The lowest BCUT2D eigenvalue weighted by molar-refractivity contribution is -0.124. The molecule has 2 unspecified atom stereocenters. The van der Waals surface area contributed by atoms with Gasteiger partial charge >= 0.3 is 0 Å². The fourth-order valence-electron chi connectivity index (χ4n) is 1.08. The van der Waals surface area contributed by atoms with Crippen molar-refractivity contribution in [1.29, 1.82) is 0 Å². The molecule has 0 saturated carbocycles. The Morgan fingerprint density at radius 2 is 2.50 bits per heavy atom. The predicted octanol–water partition coefficient (Wildman–Crippen LogP) is -0.240.